The summed E-state index contributed by atoms with van der Waals surface area (Å²) in [6.45, 7) is 1.78. The fraction of sp³-hybridized carbons (Fsp3) is 0.100. The molecule has 1 aromatic carbocycles. The number of halogens is 1. The van der Waals surface area contributed by atoms with Crippen molar-refractivity contribution in [2.24, 2.45) is 0 Å². The third-order valence-electron chi connectivity index (χ3n) is 1.95. The van der Waals surface area contributed by atoms with E-state index < -0.39 is 10.0 Å². The minimum Gasteiger partial charge on any atom is -0.441 e. The lowest BCUT2D eigenvalue weighted by molar-refractivity contribution is 0.534. The molecule has 0 bridgehead atoms. The highest BCUT2D eigenvalue weighted by Gasteiger charge is 2.04. The van der Waals surface area contributed by atoms with Crippen LogP contribution in [-0.4, -0.2) is 9.19 Å². The second-order valence-electron chi connectivity index (χ2n) is 2.99. The number of oxazole rings is 1. The first kappa shape index (κ1) is 10.4. The number of aryl methyl sites for hydroxylation is 1. The number of rotatable bonds is 2. The summed E-state index contributed by atoms with van der Waals surface area (Å²) >= 11 is 0. The van der Waals surface area contributed by atoms with Crippen molar-refractivity contribution in [3.8, 4) is 11.3 Å². The maximum atomic E-state index is 10.9. The zero-order chi connectivity index (χ0) is 10.8. The van der Waals surface area contributed by atoms with Crippen molar-refractivity contribution in [3.05, 3.63) is 36.4 Å². The first-order valence-electron chi connectivity index (χ1n) is 4.28. The lowest BCUT2D eigenvalue weighted by Gasteiger charge is -1.97. The van der Waals surface area contributed by atoms with Gasteiger partial charge < -0.3 is 4.42 Å². The third-order valence-corrected chi connectivity index (χ3v) is 3.12. The van der Waals surface area contributed by atoms with Gasteiger partial charge in [-0.2, -0.15) is 0 Å². The molecule has 1 atom stereocenters. The molecular weight excluding hydrogens is 234 g/mol. The SMILES string of the molecule is Cc1ncc(-c2ccc(S(=O)Cl)cc2)o1. The van der Waals surface area contributed by atoms with Gasteiger partial charge in [0.05, 0.1) is 11.1 Å². The predicted octanol–water partition coefficient (Wildman–Crippen LogP) is 2.91. The summed E-state index contributed by atoms with van der Waals surface area (Å²) < 4.78 is 16.3. The summed E-state index contributed by atoms with van der Waals surface area (Å²) in [5.41, 5.74) is 0.890. The molecule has 0 spiro atoms. The first-order chi connectivity index (χ1) is 7.16. The molecule has 0 saturated carbocycles. The predicted molar refractivity (Wildman–Crippen MR) is 58.9 cm³/mol. The van der Waals surface area contributed by atoms with Crippen molar-refractivity contribution >= 4 is 20.7 Å². The maximum absolute atomic E-state index is 10.9. The molecule has 0 fully saturated rings. The molecule has 2 rings (SSSR count). The van der Waals surface area contributed by atoms with Crippen molar-refractivity contribution in [2.45, 2.75) is 11.8 Å². The van der Waals surface area contributed by atoms with Gasteiger partial charge in [0, 0.05) is 12.5 Å². The van der Waals surface area contributed by atoms with Crippen LogP contribution in [0.3, 0.4) is 0 Å². The van der Waals surface area contributed by atoms with Gasteiger partial charge in [0.15, 0.2) is 11.7 Å². The van der Waals surface area contributed by atoms with Gasteiger partial charge in [0.1, 0.15) is 10.0 Å². The van der Waals surface area contributed by atoms with Crippen LogP contribution in [0, 0.1) is 6.92 Å². The molecule has 3 nitrogen and oxygen atoms in total. The van der Waals surface area contributed by atoms with Gasteiger partial charge >= 0.3 is 0 Å². The molecule has 78 valence electrons. The smallest absolute Gasteiger partial charge is 0.191 e. The van der Waals surface area contributed by atoms with Gasteiger partial charge in [0.2, 0.25) is 0 Å². The molecule has 0 aliphatic carbocycles. The van der Waals surface area contributed by atoms with Crippen LogP contribution < -0.4 is 0 Å². The molecule has 0 saturated heterocycles. The van der Waals surface area contributed by atoms with E-state index in [0.717, 1.165) is 5.56 Å². The molecule has 2 aromatic rings. The van der Waals surface area contributed by atoms with Gasteiger partial charge in [-0.05, 0) is 34.9 Å². The largest absolute Gasteiger partial charge is 0.441 e. The molecule has 1 aromatic heterocycles. The maximum Gasteiger partial charge on any atom is 0.191 e. The molecule has 1 heterocycles. The van der Waals surface area contributed by atoms with Crippen LogP contribution in [0.1, 0.15) is 5.89 Å². The molecule has 15 heavy (non-hydrogen) atoms. The second kappa shape index (κ2) is 4.16. The number of hydrogen-bond donors (Lipinski definition) is 0. The normalized spacial score (nSPS) is 12.7. The minimum absolute atomic E-state index is 0.580. The number of nitrogens with zero attached hydrogens (tertiary/aromatic N) is 1. The number of aromatic nitrogens is 1. The molecule has 0 radical (unpaired) electrons. The summed E-state index contributed by atoms with van der Waals surface area (Å²) in [6, 6.07) is 7.01. The van der Waals surface area contributed by atoms with E-state index in [0.29, 0.717) is 16.5 Å². The van der Waals surface area contributed by atoms with Gasteiger partial charge in [-0.3, -0.25) is 0 Å². The van der Waals surface area contributed by atoms with Gasteiger partial charge in [-0.1, -0.05) is 0 Å². The molecule has 0 aliphatic rings. The van der Waals surface area contributed by atoms with Gasteiger partial charge in [-0.15, -0.1) is 0 Å². The lowest BCUT2D eigenvalue weighted by atomic mass is 10.2. The van der Waals surface area contributed by atoms with Crippen LogP contribution in [-0.2, 0) is 10.0 Å². The van der Waals surface area contributed by atoms with E-state index in [-0.39, 0.29) is 0 Å². The molecule has 0 aliphatic heterocycles. The van der Waals surface area contributed by atoms with Gasteiger partial charge in [-0.25, -0.2) is 9.19 Å². The van der Waals surface area contributed by atoms with Crippen LogP contribution in [0.15, 0.2) is 39.8 Å². The third kappa shape index (κ3) is 2.27. The Kier molecular flexibility index (Phi) is 2.88. The van der Waals surface area contributed by atoms with Crippen molar-refractivity contribution in [1.29, 1.82) is 0 Å². The summed E-state index contributed by atoms with van der Waals surface area (Å²) in [6.07, 6.45) is 1.65. The van der Waals surface area contributed by atoms with Crippen LogP contribution in [0.2, 0.25) is 0 Å². The zero-order valence-electron chi connectivity index (χ0n) is 7.94. The topological polar surface area (TPSA) is 43.1 Å². The first-order valence-corrected chi connectivity index (χ1v) is 6.25. The van der Waals surface area contributed by atoms with Crippen LogP contribution in [0.25, 0.3) is 11.3 Å². The van der Waals surface area contributed by atoms with E-state index in [4.69, 9.17) is 15.1 Å². The summed E-state index contributed by atoms with van der Waals surface area (Å²) in [5, 5.41) is 0. The Morgan fingerprint density at radius 1 is 1.33 bits per heavy atom. The number of hydrogen-bond acceptors (Lipinski definition) is 3. The summed E-state index contributed by atoms with van der Waals surface area (Å²) in [5.74, 6) is 1.31. The fourth-order valence-electron chi connectivity index (χ4n) is 1.22. The molecular formula is C10H8ClNO2S. The van der Waals surface area contributed by atoms with E-state index in [1.807, 2.05) is 0 Å². The standard InChI is InChI=1S/C10H8ClNO2S/c1-7-12-6-10(14-7)8-2-4-9(5-3-8)15(11)13/h2-6H,1H3. The zero-order valence-corrected chi connectivity index (χ0v) is 9.51. The van der Waals surface area contributed by atoms with E-state index in [9.17, 15) is 4.21 Å². The Hall–Kier alpha value is -1.13. The Morgan fingerprint density at radius 2 is 2.00 bits per heavy atom. The van der Waals surface area contributed by atoms with Crippen LogP contribution in [0.5, 0.6) is 0 Å². The average Bonchev–Trinajstić information content (AvgIpc) is 2.65. The highest BCUT2D eigenvalue weighted by atomic mass is 35.7. The summed E-state index contributed by atoms with van der Waals surface area (Å²) in [4.78, 5) is 4.58. The average molecular weight is 242 g/mol. The van der Waals surface area contributed by atoms with Crippen molar-refractivity contribution in [1.82, 2.24) is 4.98 Å². The lowest BCUT2D eigenvalue weighted by Crippen LogP contribution is -1.81. The molecule has 0 amide bonds. The molecule has 1 unspecified atom stereocenters. The quantitative estimate of drug-likeness (QED) is 0.760. The number of benzene rings is 1. The van der Waals surface area contributed by atoms with E-state index in [2.05, 4.69) is 4.98 Å². The highest BCUT2D eigenvalue weighted by molar-refractivity contribution is 8.08. The fourth-order valence-corrected chi connectivity index (χ4v) is 1.88. The van der Waals surface area contributed by atoms with E-state index >= 15 is 0 Å². The summed E-state index contributed by atoms with van der Waals surface area (Å²) in [7, 11) is 3.98. The Labute approximate surface area is 94.0 Å². The molecule has 0 N–H and O–H groups in total. The van der Waals surface area contributed by atoms with Crippen LogP contribution in [0.4, 0.5) is 0 Å². The van der Waals surface area contributed by atoms with Gasteiger partial charge in [0.25, 0.3) is 0 Å². The monoisotopic (exact) mass is 241 g/mol. The Morgan fingerprint density at radius 3 is 2.47 bits per heavy atom. The van der Waals surface area contributed by atoms with E-state index in [1.54, 1.807) is 37.4 Å². The van der Waals surface area contributed by atoms with Crippen molar-refractivity contribution in [2.75, 3.05) is 0 Å². The van der Waals surface area contributed by atoms with E-state index in [1.165, 1.54) is 0 Å². The second-order valence-corrected chi connectivity index (χ2v) is 4.75. The Balaban J connectivity index is 2.35. The highest BCUT2D eigenvalue weighted by Crippen LogP contribution is 2.21. The van der Waals surface area contributed by atoms with Crippen LogP contribution >= 0.6 is 10.7 Å². The van der Waals surface area contributed by atoms with Crippen molar-refractivity contribution < 1.29 is 8.63 Å². The Bertz CT molecular complexity index is 492. The molecule has 5 heteroatoms. The van der Waals surface area contributed by atoms with Crippen molar-refractivity contribution in [3.63, 3.8) is 0 Å². The minimum atomic E-state index is -1.46.